The van der Waals surface area contributed by atoms with Crippen LogP contribution in [-0.2, 0) is 6.54 Å². The van der Waals surface area contributed by atoms with Crippen LogP contribution in [0.5, 0.6) is 0 Å². The van der Waals surface area contributed by atoms with E-state index in [0.29, 0.717) is 23.8 Å². The zero-order chi connectivity index (χ0) is 16.4. The largest absolute Gasteiger partial charge is 0.365 e. The molecule has 4 aromatic rings. The van der Waals surface area contributed by atoms with Gasteiger partial charge in [-0.1, -0.05) is 18.2 Å². The van der Waals surface area contributed by atoms with Crippen molar-refractivity contribution in [3.63, 3.8) is 0 Å². The maximum Gasteiger partial charge on any atom is 0.170 e. The number of nitrogens with zero attached hydrogens (tertiary/aromatic N) is 5. The third kappa shape index (κ3) is 2.67. The van der Waals surface area contributed by atoms with Gasteiger partial charge in [0.05, 0.1) is 11.6 Å². The van der Waals surface area contributed by atoms with Crippen LogP contribution in [0.2, 0.25) is 0 Å². The van der Waals surface area contributed by atoms with E-state index in [9.17, 15) is 4.39 Å². The summed E-state index contributed by atoms with van der Waals surface area (Å²) in [4.78, 5) is 12.9. The normalized spacial score (nSPS) is 10.9. The molecule has 7 heteroatoms. The summed E-state index contributed by atoms with van der Waals surface area (Å²) in [5.74, 6) is 1.11. The van der Waals surface area contributed by atoms with Gasteiger partial charge in [-0.25, -0.2) is 19.3 Å². The van der Waals surface area contributed by atoms with Crippen molar-refractivity contribution in [2.75, 3.05) is 5.32 Å². The smallest absolute Gasteiger partial charge is 0.170 e. The molecular formula is C17H13FN6. The summed E-state index contributed by atoms with van der Waals surface area (Å²) in [5.41, 5.74) is 1.63. The number of fused-ring (bicyclic) bond motifs is 1. The number of aromatic nitrogens is 5. The third-order valence-electron chi connectivity index (χ3n) is 3.61. The molecule has 118 valence electrons. The first-order valence-electron chi connectivity index (χ1n) is 7.40. The number of pyridine rings is 1. The lowest BCUT2D eigenvalue weighted by Crippen LogP contribution is -2.03. The van der Waals surface area contributed by atoms with Gasteiger partial charge in [-0.2, -0.15) is 9.78 Å². The Balaban J connectivity index is 1.65. The van der Waals surface area contributed by atoms with E-state index in [0.717, 1.165) is 10.9 Å². The fraction of sp³-hybridized carbons (Fsp3) is 0.0588. The highest BCUT2D eigenvalue weighted by molar-refractivity contribution is 5.86. The summed E-state index contributed by atoms with van der Waals surface area (Å²) in [6, 6.07) is 11.9. The third-order valence-corrected chi connectivity index (χ3v) is 3.61. The summed E-state index contributed by atoms with van der Waals surface area (Å²) in [7, 11) is 0. The molecule has 0 bridgehead atoms. The maximum atomic E-state index is 13.0. The highest BCUT2D eigenvalue weighted by atomic mass is 19.1. The minimum atomic E-state index is -0.250. The fourth-order valence-electron chi connectivity index (χ4n) is 2.42. The number of nitrogens with one attached hydrogen (secondary N) is 1. The first-order chi connectivity index (χ1) is 11.8. The minimum Gasteiger partial charge on any atom is -0.365 e. The van der Waals surface area contributed by atoms with Gasteiger partial charge in [0.1, 0.15) is 18.0 Å². The Morgan fingerprint density at radius 2 is 1.88 bits per heavy atom. The van der Waals surface area contributed by atoms with E-state index in [1.807, 2.05) is 18.2 Å². The lowest BCUT2D eigenvalue weighted by molar-refractivity contribution is 0.627. The average molecular weight is 320 g/mol. The zero-order valence-electron chi connectivity index (χ0n) is 12.6. The van der Waals surface area contributed by atoms with Crippen LogP contribution >= 0.6 is 0 Å². The average Bonchev–Trinajstić information content (AvgIpc) is 3.07. The van der Waals surface area contributed by atoms with Crippen LogP contribution in [-0.4, -0.2) is 24.7 Å². The molecule has 0 saturated heterocycles. The molecule has 0 radical (unpaired) electrons. The highest BCUT2D eigenvalue weighted by Gasteiger charge is 2.11. The lowest BCUT2D eigenvalue weighted by Gasteiger charge is -2.07. The molecule has 3 aromatic heterocycles. The van der Waals surface area contributed by atoms with Gasteiger partial charge in [0.2, 0.25) is 0 Å². The second-order valence-corrected chi connectivity index (χ2v) is 5.18. The van der Waals surface area contributed by atoms with Crippen molar-refractivity contribution in [1.82, 2.24) is 24.7 Å². The van der Waals surface area contributed by atoms with E-state index >= 15 is 0 Å². The predicted octanol–water partition coefficient (Wildman–Crippen LogP) is 2.96. The molecule has 0 spiro atoms. The van der Waals surface area contributed by atoms with Gasteiger partial charge in [-0.05, 0) is 29.8 Å². The summed E-state index contributed by atoms with van der Waals surface area (Å²) < 4.78 is 14.6. The molecule has 6 nitrogen and oxygen atoms in total. The molecule has 1 N–H and O–H groups in total. The number of halogens is 1. The molecule has 0 amide bonds. The summed E-state index contributed by atoms with van der Waals surface area (Å²) in [6.07, 6.45) is 4.89. The topological polar surface area (TPSA) is 68.5 Å². The van der Waals surface area contributed by atoms with Crippen LogP contribution in [0.3, 0.4) is 0 Å². The Kier molecular flexibility index (Phi) is 3.59. The quantitative estimate of drug-likeness (QED) is 0.626. The van der Waals surface area contributed by atoms with Crippen molar-refractivity contribution in [2.45, 2.75) is 6.54 Å². The van der Waals surface area contributed by atoms with Crippen LogP contribution in [0.25, 0.3) is 16.9 Å². The van der Waals surface area contributed by atoms with E-state index in [-0.39, 0.29) is 5.82 Å². The van der Waals surface area contributed by atoms with Crippen LogP contribution < -0.4 is 5.32 Å². The second-order valence-electron chi connectivity index (χ2n) is 5.18. The predicted molar refractivity (Wildman–Crippen MR) is 88.2 cm³/mol. The Bertz CT molecular complexity index is 965. The number of hydrogen-bond acceptors (Lipinski definition) is 5. The number of benzene rings is 1. The molecular weight excluding hydrogens is 307 g/mol. The van der Waals surface area contributed by atoms with Crippen molar-refractivity contribution < 1.29 is 4.39 Å². The molecule has 1 aromatic carbocycles. The van der Waals surface area contributed by atoms with Crippen molar-refractivity contribution in [2.24, 2.45) is 0 Å². The van der Waals surface area contributed by atoms with Gasteiger partial charge in [0, 0.05) is 12.7 Å². The Labute approximate surface area is 137 Å². The van der Waals surface area contributed by atoms with E-state index < -0.39 is 0 Å². The van der Waals surface area contributed by atoms with Gasteiger partial charge >= 0.3 is 0 Å². The van der Waals surface area contributed by atoms with E-state index in [2.05, 4.69) is 25.4 Å². The minimum absolute atomic E-state index is 0.250. The molecule has 0 saturated carbocycles. The van der Waals surface area contributed by atoms with Crippen molar-refractivity contribution in [1.29, 1.82) is 0 Å². The van der Waals surface area contributed by atoms with E-state index in [4.69, 9.17) is 0 Å². The molecule has 0 aliphatic rings. The Morgan fingerprint density at radius 3 is 2.67 bits per heavy atom. The summed E-state index contributed by atoms with van der Waals surface area (Å²) >= 11 is 0. The number of rotatable bonds is 4. The van der Waals surface area contributed by atoms with Crippen molar-refractivity contribution in [3.8, 4) is 5.82 Å². The van der Waals surface area contributed by atoms with Crippen LogP contribution in [0.15, 0.2) is 61.2 Å². The molecule has 0 fully saturated rings. The SMILES string of the molecule is Fc1ccc(CNc2ncnc3c2cnn3-c2ccccn2)cc1. The fourth-order valence-corrected chi connectivity index (χ4v) is 2.42. The Morgan fingerprint density at radius 1 is 1.00 bits per heavy atom. The first-order valence-corrected chi connectivity index (χ1v) is 7.40. The van der Waals surface area contributed by atoms with Crippen molar-refractivity contribution in [3.05, 3.63) is 72.6 Å². The van der Waals surface area contributed by atoms with Crippen LogP contribution in [0.1, 0.15) is 5.56 Å². The van der Waals surface area contributed by atoms with Crippen LogP contribution in [0, 0.1) is 5.82 Å². The second kappa shape index (κ2) is 6.04. The van der Waals surface area contributed by atoms with Crippen LogP contribution in [0.4, 0.5) is 10.2 Å². The van der Waals surface area contributed by atoms with Gasteiger partial charge in [-0.15, -0.1) is 0 Å². The van der Waals surface area contributed by atoms with Crippen molar-refractivity contribution >= 4 is 16.9 Å². The van der Waals surface area contributed by atoms with Gasteiger partial charge in [-0.3, -0.25) is 0 Å². The zero-order valence-corrected chi connectivity index (χ0v) is 12.6. The molecule has 3 heterocycles. The standard InChI is InChI=1S/C17H13FN6/c18-13-6-4-12(5-7-13)9-20-16-14-10-23-24(17(14)22-11-21-16)15-3-1-2-8-19-15/h1-8,10-11H,9H2,(H,20,21,22). The lowest BCUT2D eigenvalue weighted by atomic mass is 10.2. The van der Waals surface area contributed by atoms with E-state index in [1.165, 1.54) is 18.5 Å². The number of hydrogen-bond donors (Lipinski definition) is 1. The molecule has 24 heavy (non-hydrogen) atoms. The van der Waals surface area contributed by atoms with Gasteiger partial charge in [0.25, 0.3) is 0 Å². The maximum absolute atomic E-state index is 13.0. The van der Waals surface area contributed by atoms with Gasteiger partial charge in [0.15, 0.2) is 11.5 Å². The highest BCUT2D eigenvalue weighted by Crippen LogP contribution is 2.21. The molecule has 0 unspecified atom stereocenters. The first kappa shape index (κ1) is 14.3. The summed E-state index contributed by atoms with van der Waals surface area (Å²) in [5, 5.41) is 8.39. The molecule has 0 aliphatic heterocycles. The number of anilines is 1. The molecule has 0 aliphatic carbocycles. The summed E-state index contributed by atoms with van der Waals surface area (Å²) in [6.45, 7) is 0.529. The Hall–Kier alpha value is -3.35. The molecule has 0 atom stereocenters. The van der Waals surface area contributed by atoms with Gasteiger partial charge < -0.3 is 5.32 Å². The van der Waals surface area contributed by atoms with E-state index in [1.54, 1.807) is 29.2 Å². The monoisotopic (exact) mass is 320 g/mol. The molecule has 4 rings (SSSR count).